The monoisotopic (exact) mass is 456 g/mol. The van der Waals surface area contributed by atoms with Gasteiger partial charge in [0.2, 0.25) is 10.0 Å². The number of hydrogen-bond donors (Lipinski definition) is 2. The molecule has 0 saturated carbocycles. The van der Waals surface area contributed by atoms with E-state index in [0.29, 0.717) is 22.3 Å². The predicted octanol–water partition coefficient (Wildman–Crippen LogP) is 4.75. The van der Waals surface area contributed by atoms with Crippen LogP contribution in [0.5, 0.6) is 11.5 Å². The fraction of sp³-hybridized carbons (Fsp3) is 0.217. The van der Waals surface area contributed by atoms with Crippen molar-refractivity contribution in [2.75, 3.05) is 20.3 Å². The summed E-state index contributed by atoms with van der Waals surface area (Å²) in [4.78, 5) is 3.29. The summed E-state index contributed by atoms with van der Waals surface area (Å²) in [6.45, 7) is 2.66. The van der Waals surface area contributed by atoms with E-state index in [1.165, 1.54) is 11.3 Å². The third kappa shape index (κ3) is 4.46. The van der Waals surface area contributed by atoms with Gasteiger partial charge in [0.25, 0.3) is 0 Å². The molecule has 4 rings (SSSR count). The Morgan fingerprint density at radius 2 is 1.94 bits per heavy atom. The Morgan fingerprint density at radius 3 is 2.68 bits per heavy atom. The van der Waals surface area contributed by atoms with E-state index in [1.807, 2.05) is 55.6 Å². The van der Waals surface area contributed by atoms with Gasteiger partial charge in [-0.05, 0) is 47.7 Å². The van der Waals surface area contributed by atoms with Gasteiger partial charge in [-0.25, -0.2) is 13.1 Å². The second kappa shape index (κ2) is 9.13. The van der Waals surface area contributed by atoms with E-state index >= 15 is 0 Å². The summed E-state index contributed by atoms with van der Waals surface area (Å²) in [6, 6.07) is 17.1. The van der Waals surface area contributed by atoms with Crippen LogP contribution >= 0.6 is 11.3 Å². The van der Waals surface area contributed by atoms with E-state index in [0.717, 1.165) is 22.0 Å². The maximum absolute atomic E-state index is 12.8. The number of thiophene rings is 1. The van der Waals surface area contributed by atoms with E-state index in [9.17, 15) is 8.42 Å². The van der Waals surface area contributed by atoms with Gasteiger partial charge in [0.1, 0.15) is 4.21 Å². The number of methoxy groups -OCH3 is 1. The molecule has 0 radical (unpaired) electrons. The van der Waals surface area contributed by atoms with Crippen molar-refractivity contribution in [1.29, 1.82) is 0 Å². The number of hydrogen-bond acceptors (Lipinski definition) is 5. The maximum Gasteiger partial charge on any atom is 0.250 e. The van der Waals surface area contributed by atoms with Crippen molar-refractivity contribution in [2.45, 2.75) is 17.1 Å². The summed E-state index contributed by atoms with van der Waals surface area (Å²) in [6.07, 6.45) is 1.94. The lowest BCUT2D eigenvalue weighted by Crippen LogP contribution is -2.28. The van der Waals surface area contributed by atoms with E-state index in [2.05, 4.69) is 9.71 Å². The van der Waals surface area contributed by atoms with Crippen LogP contribution in [0, 0.1) is 0 Å². The zero-order valence-electron chi connectivity index (χ0n) is 17.3. The molecule has 2 aromatic heterocycles. The molecule has 1 unspecified atom stereocenters. The van der Waals surface area contributed by atoms with E-state index < -0.39 is 10.0 Å². The summed E-state index contributed by atoms with van der Waals surface area (Å²) < 4.78 is 39.8. The first-order chi connectivity index (χ1) is 15.0. The molecule has 0 aliphatic heterocycles. The number of H-pyrrole nitrogens is 1. The molecule has 31 heavy (non-hydrogen) atoms. The van der Waals surface area contributed by atoms with Gasteiger partial charge in [-0.3, -0.25) is 0 Å². The first kappa shape index (κ1) is 21.4. The highest BCUT2D eigenvalue weighted by molar-refractivity contribution is 7.91. The molecule has 0 bridgehead atoms. The summed E-state index contributed by atoms with van der Waals surface area (Å²) in [5.41, 5.74) is 2.94. The minimum atomic E-state index is -3.59. The van der Waals surface area contributed by atoms with Gasteiger partial charge < -0.3 is 14.5 Å². The Labute approximate surface area is 185 Å². The normalized spacial score (nSPS) is 12.7. The van der Waals surface area contributed by atoms with Crippen LogP contribution in [-0.4, -0.2) is 33.7 Å². The fourth-order valence-electron chi connectivity index (χ4n) is 3.65. The number of aromatic nitrogens is 1. The van der Waals surface area contributed by atoms with Gasteiger partial charge in [-0.2, -0.15) is 0 Å². The highest BCUT2D eigenvalue weighted by Crippen LogP contribution is 2.36. The first-order valence-electron chi connectivity index (χ1n) is 9.93. The number of nitrogens with one attached hydrogen (secondary N) is 2. The van der Waals surface area contributed by atoms with Crippen molar-refractivity contribution in [2.24, 2.45) is 0 Å². The first-order valence-corrected chi connectivity index (χ1v) is 12.3. The molecule has 1 atom stereocenters. The number of benzene rings is 2. The van der Waals surface area contributed by atoms with Crippen molar-refractivity contribution in [3.05, 3.63) is 77.3 Å². The van der Waals surface area contributed by atoms with Crippen LogP contribution in [0.15, 0.2) is 70.4 Å². The predicted molar refractivity (Wildman–Crippen MR) is 124 cm³/mol. The Hall–Kier alpha value is -2.81. The molecule has 0 amide bonds. The zero-order valence-corrected chi connectivity index (χ0v) is 18.9. The number of aromatic amines is 1. The number of ether oxygens (including phenoxy) is 2. The summed E-state index contributed by atoms with van der Waals surface area (Å²) in [5.74, 6) is 1.05. The van der Waals surface area contributed by atoms with E-state index in [1.54, 1.807) is 24.6 Å². The number of rotatable bonds is 9. The van der Waals surface area contributed by atoms with Crippen molar-refractivity contribution >= 4 is 32.3 Å². The lowest BCUT2D eigenvalue weighted by Gasteiger charge is -2.20. The van der Waals surface area contributed by atoms with Crippen LogP contribution < -0.4 is 14.2 Å². The van der Waals surface area contributed by atoms with Crippen LogP contribution in [0.2, 0.25) is 0 Å². The SMILES string of the molecule is CCOc1ccc(C(CNS(=O)(=O)c2cccs2)c2c[nH]c3ccccc23)cc1OC. The lowest BCUT2D eigenvalue weighted by molar-refractivity contribution is 0.310. The van der Waals surface area contributed by atoms with Gasteiger partial charge in [0.15, 0.2) is 11.5 Å². The van der Waals surface area contributed by atoms with Gasteiger partial charge in [0.05, 0.1) is 13.7 Å². The maximum atomic E-state index is 12.8. The molecule has 8 heteroatoms. The molecule has 162 valence electrons. The summed E-state index contributed by atoms with van der Waals surface area (Å²) >= 11 is 1.20. The highest BCUT2D eigenvalue weighted by atomic mass is 32.2. The topological polar surface area (TPSA) is 80.4 Å². The second-order valence-electron chi connectivity index (χ2n) is 6.97. The van der Waals surface area contributed by atoms with Gasteiger partial charge in [-0.15, -0.1) is 11.3 Å². The standard InChI is InChI=1S/C23H24N2O4S2/c1-3-29-21-11-10-16(13-22(21)28-2)18(15-25-31(26,27)23-9-6-12-30-23)19-14-24-20-8-5-4-7-17(19)20/h4-14,18,24-25H,3,15H2,1-2H3. The van der Waals surface area contributed by atoms with Gasteiger partial charge in [0, 0.05) is 29.6 Å². The smallest absolute Gasteiger partial charge is 0.250 e. The molecule has 2 aromatic carbocycles. The van der Waals surface area contributed by atoms with Crippen molar-refractivity contribution in [1.82, 2.24) is 9.71 Å². The third-order valence-corrected chi connectivity index (χ3v) is 7.94. The second-order valence-corrected chi connectivity index (χ2v) is 9.91. The van der Waals surface area contributed by atoms with Crippen LogP contribution in [0.3, 0.4) is 0 Å². The van der Waals surface area contributed by atoms with Gasteiger partial charge in [-0.1, -0.05) is 30.3 Å². The Kier molecular flexibility index (Phi) is 6.31. The average molecular weight is 457 g/mol. The van der Waals surface area contributed by atoms with E-state index in [-0.39, 0.29) is 12.5 Å². The van der Waals surface area contributed by atoms with Crippen molar-refractivity contribution in [3.63, 3.8) is 0 Å². The molecule has 4 aromatic rings. The molecule has 0 fully saturated rings. The van der Waals surface area contributed by atoms with Crippen LogP contribution in [0.4, 0.5) is 0 Å². The van der Waals surface area contributed by atoms with Crippen LogP contribution in [0.25, 0.3) is 10.9 Å². The summed E-state index contributed by atoms with van der Waals surface area (Å²) in [7, 11) is -2.00. The number of sulfonamides is 1. The molecular formula is C23H24N2O4S2. The number of fused-ring (bicyclic) bond motifs is 1. The molecule has 2 heterocycles. The van der Waals surface area contributed by atoms with Crippen molar-refractivity contribution in [3.8, 4) is 11.5 Å². The minimum Gasteiger partial charge on any atom is -0.493 e. The quantitative estimate of drug-likeness (QED) is 0.381. The Balaban J connectivity index is 1.74. The zero-order chi connectivity index (χ0) is 21.8. The summed E-state index contributed by atoms with van der Waals surface area (Å²) in [5, 5.41) is 2.80. The number of para-hydroxylation sites is 1. The minimum absolute atomic E-state index is 0.208. The molecule has 0 saturated heterocycles. The molecule has 0 aliphatic rings. The fourth-order valence-corrected chi connectivity index (χ4v) is 5.73. The molecule has 0 aliphatic carbocycles. The Morgan fingerprint density at radius 1 is 1.10 bits per heavy atom. The largest absolute Gasteiger partial charge is 0.493 e. The van der Waals surface area contributed by atoms with Crippen LogP contribution in [0.1, 0.15) is 24.0 Å². The molecule has 0 spiro atoms. The van der Waals surface area contributed by atoms with Crippen molar-refractivity contribution < 1.29 is 17.9 Å². The van der Waals surface area contributed by atoms with Crippen LogP contribution in [-0.2, 0) is 10.0 Å². The highest BCUT2D eigenvalue weighted by Gasteiger charge is 2.23. The Bertz CT molecular complexity index is 1260. The third-order valence-electron chi connectivity index (χ3n) is 5.12. The lowest BCUT2D eigenvalue weighted by atomic mass is 9.91. The molecule has 6 nitrogen and oxygen atoms in total. The van der Waals surface area contributed by atoms with Gasteiger partial charge >= 0.3 is 0 Å². The molecule has 2 N–H and O–H groups in total. The molecular weight excluding hydrogens is 432 g/mol. The van der Waals surface area contributed by atoms with E-state index in [4.69, 9.17) is 9.47 Å². The average Bonchev–Trinajstić information content (AvgIpc) is 3.46.